The second-order valence-corrected chi connectivity index (χ2v) is 8.01. The Labute approximate surface area is 159 Å². The number of benzene rings is 1. The number of aliphatic hydroxyl groups is 1. The number of aliphatic hydroxyl groups excluding tert-OH is 1. The van der Waals surface area contributed by atoms with Crippen LogP contribution in [0.5, 0.6) is 5.75 Å². The quantitative estimate of drug-likeness (QED) is 0.678. The second kappa shape index (κ2) is 11.8. The van der Waals surface area contributed by atoms with Crippen LogP contribution in [0.3, 0.4) is 0 Å². The number of rotatable bonds is 8. The average Bonchev–Trinajstić information content (AvgIpc) is 2.99. The molecule has 0 spiro atoms. The molecular weight excluding hydrogens is 330 g/mol. The van der Waals surface area contributed by atoms with Gasteiger partial charge in [0, 0.05) is 37.1 Å². The van der Waals surface area contributed by atoms with Crippen molar-refractivity contribution in [1.29, 1.82) is 0 Å². The van der Waals surface area contributed by atoms with Crippen molar-refractivity contribution in [2.45, 2.75) is 39.5 Å². The highest BCUT2D eigenvalue weighted by Crippen LogP contribution is 2.26. The van der Waals surface area contributed by atoms with E-state index >= 15 is 0 Å². The van der Waals surface area contributed by atoms with Gasteiger partial charge in [-0.3, -0.25) is 0 Å². The zero-order valence-corrected chi connectivity index (χ0v) is 17.7. The topological polar surface area (TPSA) is 32.7 Å². The molecule has 1 fully saturated rings. The molecule has 4 heteroatoms. The van der Waals surface area contributed by atoms with E-state index in [1.165, 1.54) is 4.90 Å². The number of thioether (sulfide) groups is 1. The summed E-state index contributed by atoms with van der Waals surface area (Å²) in [4.78, 5) is 3.76. The lowest BCUT2D eigenvalue weighted by molar-refractivity contribution is 0.141. The van der Waals surface area contributed by atoms with Gasteiger partial charge in [-0.05, 0) is 48.3 Å². The molecule has 0 aromatic heterocycles. The first-order valence-corrected chi connectivity index (χ1v) is 10.9. The molecule has 1 aliphatic heterocycles. The highest BCUT2D eigenvalue weighted by atomic mass is 32.2. The largest absolute Gasteiger partial charge is 0.493 e. The molecule has 1 aliphatic rings. The Morgan fingerprint density at radius 1 is 1.20 bits per heavy atom. The number of likely N-dealkylation sites (tertiary alicyclic amines) is 1. The molecule has 1 saturated heterocycles. The van der Waals surface area contributed by atoms with E-state index in [4.69, 9.17) is 4.74 Å². The Hall–Kier alpha value is -0.710. The normalized spacial score (nSPS) is 21.8. The van der Waals surface area contributed by atoms with Crippen LogP contribution in [-0.2, 0) is 0 Å². The van der Waals surface area contributed by atoms with E-state index in [-0.39, 0.29) is 6.61 Å². The van der Waals surface area contributed by atoms with Crippen molar-refractivity contribution in [1.82, 2.24) is 4.90 Å². The maximum atomic E-state index is 9.53. The average molecular weight is 368 g/mol. The van der Waals surface area contributed by atoms with Crippen LogP contribution in [-0.4, -0.2) is 49.1 Å². The molecule has 2 rings (SSSR count). The summed E-state index contributed by atoms with van der Waals surface area (Å²) in [6, 6.07) is 8.34. The Morgan fingerprint density at radius 3 is 2.36 bits per heavy atom. The van der Waals surface area contributed by atoms with Crippen LogP contribution < -0.4 is 4.74 Å². The van der Waals surface area contributed by atoms with Crippen LogP contribution in [0.2, 0.25) is 0 Å². The van der Waals surface area contributed by atoms with Crippen LogP contribution in [0, 0.1) is 23.7 Å². The van der Waals surface area contributed by atoms with Crippen molar-refractivity contribution in [3.05, 3.63) is 24.3 Å². The smallest absolute Gasteiger partial charge is 0.119 e. The van der Waals surface area contributed by atoms with Crippen LogP contribution in [0.4, 0.5) is 0 Å². The maximum absolute atomic E-state index is 9.53. The lowest BCUT2D eigenvalue weighted by Gasteiger charge is -2.25. The van der Waals surface area contributed by atoms with Gasteiger partial charge in [-0.1, -0.05) is 34.6 Å². The minimum absolute atomic E-state index is 0.283. The van der Waals surface area contributed by atoms with Crippen molar-refractivity contribution >= 4 is 11.8 Å². The highest BCUT2D eigenvalue weighted by molar-refractivity contribution is 7.98. The Morgan fingerprint density at radius 2 is 1.84 bits per heavy atom. The summed E-state index contributed by atoms with van der Waals surface area (Å²) in [5.41, 5.74) is 0. The van der Waals surface area contributed by atoms with E-state index in [1.54, 1.807) is 11.8 Å². The second-order valence-electron chi connectivity index (χ2n) is 7.13. The predicted molar refractivity (Wildman–Crippen MR) is 110 cm³/mol. The predicted octanol–water partition coefficient (Wildman–Crippen LogP) is 4.65. The molecule has 25 heavy (non-hydrogen) atoms. The number of hydrogen-bond donors (Lipinski definition) is 1. The molecule has 0 amide bonds. The third kappa shape index (κ3) is 7.20. The SMILES string of the molecule is CC.CSc1ccc(OCC2CN(CC(CO)C(C)C)CC2C)cc1. The van der Waals surface area contributed by atoms with Crippen LogP contribution in [0.15, 0.2) is 29.2 Å². The molecular formula is C21H37NO2S. The van der Waals surface area contributed by atoms with E-state index in [0.29, 0.717) is 23.7 Å². The van der Waals surface area contributed by atoms with Gasteiger partial charge in [0.25, 0.3) is 0 Å². The third-order valence-corrected chi connectivity index (χ3v) is 5.78. The van der Waals surface area contributed by atoms with Crippen molar-refractivity contribution in [2.24, 2.45) is 23.7 Å². The van der Waals surface area contributed by atoms with Gasteiger partial charge in [-0.25, -0.2) is 0 Å². The molecule has 0 aliphatic carbocycles. The Bertz CT molecular complexity index is 463. The first-order chi connectivity index (χ1) is 12.0. The molecule has 0 bridgehead atoms. The van der Waals surface area contributed by atoms with Gasteiger partial charge in [0.1, 0.15) is 5.75 Å². The van der Waals surface area contributed by atoms with Gasteiger partial charge < -0.3 is 14.7 Å². The standard InChI is InChI=1S/C19H31NO2S.C2H6/c1-14(2)16(12-21)10-20-9-15(3)17(11-20)13-22-18-5-7-19(23-4)8-6-18;1-2/h5-8,14-17,21H,9-13H2,1-4H3;1-2H3. The first-order valence-electron chi connectivity index (χ1n) is 9.63. The molecule has 1 heterocycles. The van der Waals surface area contributed by atoms with Crippen LogP contribution in [0.25, 0.3) is 0 Å². The van der Waals surface area contributed by atoms with Crippen molar-refractivity contribution < 1.29 is 9.84 Å². The van der Waals surface area contributed by atoms with E-state index in [1.807, 2.05) is 13.8 Å². The van der Waals surface area contributed by atoms with Gasteiger partial charge >= 0.3 is 0 Å². The van der Waals surface area contributed by atoms with Crippen LogP contribution in [0.1, 0.15) is 34.6 Å². The van der Waals surface area contributed by atoms with E-state index in [0.717, 1.165) is 32.0 Å². The molecule has 0 radical (unpaired) electrons. The number of nitrogens with zero attached hydrogens (tertiary/aromatic N) is 1. The van der Waals surface area contributed by atoms with Gasteiger partial charge in [-0.15, -0.1) is 11.8 Å². The van der Waals surface area contributed by atoms with E-state index < -0.39 is 0 Å². The zero-order chi connectivity index (χ0) is 18.8. The molecule has 3 unspecified atom stereocenters. The fourth-order valence-corrected chi connectivity index (χ4v) is 3.60. The number of hydrogen-bond acceptors (Lipinski definition) is 4. The van der Waals surface area contributed by atoms with Crippen LogP contribution >= 0.6 is 11.8 Å². The van der Waals surface area contributed by atoms with Gasteiger partial charge in [0.2, 0.25) is 0 Å². The summed E-state index contributed by atoms with van der Waals surface area (Å²) < 4.78 is 6.00. The van der Waals surface area contributed by atoms with Gasteiger partial charge in [0.05, 0.1) is 6.61 Å². The third-order valence-electron chi connectivity index (χ3n) is 5.04. The Kier molecular flexibility index (Phi) is 10.6. The fraction of sp³-hybridized carbons (Fsp3) is 0.714. The van der Waals surface area contributed by atoms with Crippen molar-refractivity contribution in [3.8, 4) is 5.75 Å². The van der Waals surface area contributed by atoms with Crippen molar-refractivity contribution in [2.75, 3.05) is 39.1 Å². The number of ether oxygens (including phenoxy) is 1. The summed E-state index contributed by atoms with van der Waals surface area (Å²) in [6.45, 7) is 15.0. The summed E-state index contributed by atoms with van der Waals surface area (Å²) in [6.07, 6.45) is 2.08. The fourth-order valence-electron chi connectivity index (χ4n) is 3.19. The summed E-state index contributed by atoms with van der Waals surface area (Å²) in [5.74, 6) is 3.08. The Balaban J connectivity index is 0.00000151. The molecule has 0 saturated carbocycles. The maximum Gasteiger partial charge on any atom is 0.119 e. The summed E-state index contributed by atoms with van der Waals surface area (Å²) >= 11 is 1.75. The van der Waals surface area contributed by atoms with Gasteiger partial charge in [-0.2, -0.15) is 0 Å². The molecule has 1 aromatic carbocycles. The molecule has 1 N–H and O–H groups in total. The monoisotopic (exact) mass is 367 g/mol. The molecule has 3 atom stereocenters. The van der Waals surface area contributed by atoms with E-state index in [9.17, 15) is 5.11 Å². The summed E-state index contributed by atoms with van der Waals surface area (Å²) in [7, 11) is 0. The van der Waals surface area contributed by atoms with Gasteiger partial charge in [0.15, 0.2) is 0 Å². The summed E-state index contributed by atoms with van der Waals surface area (Å²) in [5, 5.41) is 9.53. The molecule has 144 valence electrons. The zero-order valence-electron chi connectivity index (χ0n) is 16.9. The highest BCUT2D eigenvalue weighted by Gasteiger charge is 2.31. The van der Waals surface area contributed by atoms with E-state index in [2.05, 4.69) is 56.2 Å². The molecule has 1 aromatic rings. The molecule has 3 nitrogen and oxygen atoms in total. The lowest BCUT2D eigenvalue weighted by atomic mass is 9.96. The first kappa shape index (κ1) is 22.3. The minimum Gasteiger partial charge on any atom is -0.493 e. The lowest BCUT2D eigenvalue weighted by Crippen LogP contribution is -2.32. The van der Waals surface area contributed by atoms with Crippen molar-refractivity contribution in [3.63, 3.8) is 0 Å². The minimum atomic E-state index is 0.283.